The normalized spacial score (nSPS) is 10.7. The number of nitro benzene ring substituents is 1. The van der Waals surface area contributed by atoms with Crippen LogP contribution >= 0.6 is 0 Å². The van der Waals surface area contributed by atoms with Gasteiger partial charge in [0.05, 0.1) is 4.92 Å². The van der Waals surface area contributed by atoms with E-state index in [1.165, 1.54) is 31.2 Å². The third-order valence-electron chi connectivity index (χ3n) is 3.84. The van der Waals surface area contributed by atoms with Crippen molar-refractivity contribution in [1.29, 1.82) is 0 Å². The molecular formula is C21H17N3O5. The number of carbonyl (C=O) groups is 2. The second-order valence-corrected chi connectivity index (χ2v) is 6.09. The van der Waals surface area contributed by atoms with Crippen LogP contribution in [0.2, 0.25) is 0 Å². The lowest BCUT2D eigenvalue weighted by Gasteiger charge is -2.05. The van der Waals surface area contributed by atoms with Crippen LogP contribution in [0.5, 0.6) is 0 Å². The fraction of sp³-hybridized carbons (Fsp3) is 0.0476. The van der Waals surface area contributed by atoms with Crippen LogP contribution in [0.25, 0.3) is 17.4 Å². The van der Waals surface area contributed by atoms with E-state index >= 15 is 0 Å². The summed E-state index contributed by atoms with van der Waals surface area (Å²) in [6.45, 7) is 1.42. The van der Waals surface area contributed by atoms with Gasteiger partial charge < -0.3 is 15.1 Å². The maximum absolute atomic E-state index is 12.1. The van der Waals surface area contributed by atoms with Gasteiger partial charge in [0.2, 0.25) is 11.8 Å². The average Bonchev–Trinajstić information content (AvgIpc) is 3.17. The first kappa shape index (κ1) is 19.6. The van der Waals surface area contributed by atoms with Gasteiger partial charge >= 0.3 is 0 Å². The molecule has 3 aromatic rings. The molecule has 0 radical (unpaired) electrons. The van der Waals surface area contributed by atoms with E-state index in [4.69, 9.17) is 4.42 Å². The van der Waals surface area contributed by atoms with Crippen molar-refractivity contribution in [3.8, 4) is 11.3 Å². The van der Waals surface area contributed by atoms with Gasteiger partial charge in [-0.1, -0.05) is 12.1 Å². The van der Waals surface area contributed by atoms with E-state index in [1.807, 2.05) is 0 Å². The monoisotopic (exact) mass is 391 g/mol. The molecule has 2 amide bonds. The van der Waals surface area contributed by atoms with E-state index < -0.39 is 4.92 Å². The van der Waals surface area contributed by atoms with Crippen LogP contribution in [0.1, 0.15) is 12.7 Å². The van der Waals surface area contributed by atoms with E-state index in [-0.39, 0.29) is 17.5 Å². The molecular weight excluding hydrogens is 374 g/mol. The summed E-state index contributed by atoms with van der Waals surface area (Å²) in [5.74, 6) is 0.364. The lowest BCUT2D eigenvalue weighted by Crippen LogP contribution is -2.08. The average molecular weight is 391 g/mol. The number of rotatable bonds is 6. The number of hydrogen-bond acceptors (Lipinski definition) is 5. The first-order valence-electron chi connectivity index (χ1n) is 8.62. The van der Waals surface area contributed by atoms with Gasteiger partial charge in [-0.25, -0.2) is 0 Å². The SMILES string of the molecule is CC(=O)Nc1ccc(NC(=O)/C=C/c2ccc(-c3cccc([N+](=O)[O-])c3)o2)cc1. The standard InChI is InChI=1S/C21H17N3O5/c1-14(25)22-16-5-7-17(8-6-16)23-21(26)12-10-19-9-11-20(29-19)15-3-2-4-18(13-15)24(27)28/h2-13H,1H3,(H,22,25)(H,23,26)/b12-10+. The minimum Gasteiger partial charge on any atom is -0.457 e. The number of hydrogen-bond donors (Lipinski definition) is 2. The zero-order valence-electron chi connectivity index (χ0n) is 15.4. The first-order chi connectivity index (χ1) is 13.9. The van der Waals surface area contributed by atoms with Gasteiger partial charge in [-0.15, -0.1) is 0 Å². The molecule has 0 aliphatic rings. The van der Waals surface area contributed by atoms with Crippen molar-refractivity contribution in [2.75, 3.05) is 10.6 Å². The second-order valence-electron chi connectivity index (χ2n) is 6.09. The zero-order chi connectivity index (χ0) is 20.8. The molecule has 0 spiro atoms. The molecule has 0 saturated carbocycles. The Balaban J connectivity index is 1.63. The number of nitrogens with zero attached hydrogens (tertiary/aromatic N) is 1. The van der Waals surface area contributed by atoms with Gasteiger partial charge in [0.25, 0.3) is 5.69 Å². The van der Waals surface area contributed by atoms with Crippen LogP contribution in [-0.4, -0.2) is 16.7 Å². The zero-order valence-corrected chi connectivity index (χ0v) is 15.4. The van der Waals surface area contributed by atoms with E-state index in [0.29, 0.717) is 28.5 Å². The quantitative estimate of drug-likeness (QED) is 0.366. The number of nitrogens with one attached hydrogen (secondary N) is 2. The molecule has 1 heterocycles. The molecule has 8 nitrogen and oxygen atoms in total. The summed E-state index contributed by atoms with van der Waals surface area (Å²) in [5.41, 5.74) is 1.75. The Morgan fingerprint density at radius 1 is 1.00 bits per heavy atom. The van der Waals surface area contributed by atoms with E-state index in [0.717, 1.165) is 0 Å². The molecule has 0 atom stereocenters. The summed E-state index contributed by atoms with van der Waals surface area (Å²) < 4.78 is 5.63. The van der Waals surface area contributed by atoms with E-state index in [9.17, 15) is 19.7 Å². The van der Waals surface area contributed by atoms with Gasteiger partial charge in [-0.05, 0) is 42.5 Å². The summed E-state index contributed by atoms with van der Waals surface area (Å²) >= 11 is 0. The molecule has 0 fully saturated rings. The lowest BCUT2D eigenvalue weighted by molar-refractivity contribution is -0.384. The fourth-order valence-electron chi connectivity index (χ4n) is 2.55. The summed E-state index contributed by atoms with van der Waals surface area (Å²) in [5, 5.41) is 16.2. The van der Waals surface area contributed by atoms with Crippen molar-refractivity contribution in [2.45, 2.75) is 6.92 Å². The minimum absolute atomic E-state index is 0.0279. The molecule has 0 aliphatic heterocycles. The summed E-state index contributed by atoms with van der Waals surface area (Å²) in [4.78, 5) is 33.5. The van der Waals surface area contributed by atoms with Crippen LogP contribution in [-0.2, 0) is 9.59 Å². The van der Waals surface area contributed by atoms with Gasteiger partial charge in [0, 0.05) is 42.1 Å². The Morgan fingerprint density at radius 2 is 1.69 bits per heavy atom. The van der Waals surface area contributed by atoms with Crippen molar-refractivity contribution >= 4 is 35.0 Å². The number of amides is 2. The largest absolute Gasteiger partial charge is 0.457 e. The highest BCUT2D eigenvalue weighted by Gasteiger charge is 2.09. The molecule has 0 aliphatic carbocycles. The predicted molar refractivity (Wildman–Crippen MR) is 109 cm³/mol. The smallest absolute Gasteiger partial charge is 0.270 e. The molecule has 29 heavy (non-hydrogen) atoms. The predicted octanol–water partition coefficient (Wildman–Crippen LogP) is 4.47. The number of nitro groups is 1. The van der Waals surface area contributed by atoms with Crippen LogP contribution in [0.4, 0.5) is 17.1 Å². The first-order valence-corrected chi connectivity index (χ1v) is 8.62. The Hall–Kier alpha value is -4.20. The van der Waals surface area contributed by atoms with Crippen molar-refractivity contribution in [2.24, 2.45) is 0 Å². The highest BCUT2D eigenvalue weighted by Crippen LogP contribution is 2.26. The van der Waals surface area contributed by atoms with Crippen LogP contribution < -0.4 is 10.6 Å². The van der Waals surface area contributed by atoms with Crippen molar-refractivity contribution in [1.82, 2.24) is 0 Å². The molecule has 8 heteroatoms. The molecule has 146 valence electrons. The second kappa shape index (κ2) is 8.66. The molecule has 0 saturated heterocycles. The summed E-state index contributed by atoms with van der Waals surface area (Å²) in [6, 6.07) is 16.2. The van der Waals surface area contributed by atoms with Crippen molar-refractivity contribution in [3.63, 3.8) is 0 Å². The Labute approximate surface area is 166 Å². The van der Waals surface area contributed by atoms with Gasteiger partial charge in [0.1, 0.15) is 11.5 Å². The van der Waals surface area contributed by atoms with E-state index in [1.54, 1.807) is 48.5 Å². The molecule has 0 bridgehead atoms. The minimum atomic E-state index is -0.472. The number of furan rings is 1. The number of non-ortho nitro benzene ring substituents is 1. The van der Waals surface area contributed by atoms with E-state index in [2.05, 4.69) is 10.6 Å². The molecule has 0 unspecified atom stereocenters. The Morgan fingerprint density at radius 3 is 2.34 bits per heavy atom. The topological polar surface area (TPSA) is 114 Å². The van der Waals surface area contributed by atoms with Gasteiger partial charge in [-0.2, -0.15) is 0 Å². The fourth-order valence-corrected chi connectivity index (χ4v) is 2.55. The molecule has 2 N–H and O–H groups in total. The van der Waals surface area contributed by atoms with Crippen LogP contribution in [0, 0.1) is 10.1 Å². The summed E-state index contributed by atoms with van der Waals surface area (Å²) in [7, 11) is 0. The lowest BCUT2D eigenvalue weighted by atomic mass is 10.1. The van der Waals surface area contributed by atoms with Gasteiger partial charge in [-0.3, -0.25) is 19.7 Å². The third kappa shape index (κ3) is 5.39. The number of benzene rings is 2. The number of carbonyl (C=O) groups excluding carboxylic acids is 2. The molecule has 1 aromatic heterocycles. The van der Waals surface area contributed by atoms with Gasteiger partial charge in [0.15, 0.2) is 0 Å². The Kier molecular flexibility index (Phi) is 5.84. The highest BCUT2D eigenvalue weighted by molar-refractivity contribution is 6.02. The van der Waals surface area contributed by atoms with Crippen LogP contribution in [0.3, 0.4) is 0 Å². The maximum atomic E-state index is 12.1. The molecule has 2 aromatic carbocycles. The number of anilines is 2. The maximum Gasteiger partial charge on any atom is 0.270 e. The third-order valence-corrected chi connectivity index (χ3v) is 3.84. The summed E-state index contributed by atoms with van der Waals surface area (Å²) in [6.07, 6.45) is 2.82. The van der Waals surface area contributed by atoms with Crippen molar-refractivity contribution in [3.05, 3.63) is 82.6 Å². The molecule has 3 rings (SSSR count). The van der Waals surface area contributed by atoms with Crippen LogP contribution in [0.15, 0.2) is 71.2 Å². The van der Waals surface area contributed by atoms with Crippen molar-refractivity contribution < 1.29 is 18.9 Å². The highest BCUT2D eigenvalue weighted by atomic mass is 16.6. The Bertz CT molecular complexity index is 1080.